The number of rotatable bonds is 8. The van der Waals surface area contributed by atoms with Crippen LogP contribution < -0.4 is 15.8 Å². The van der Waals surface area contributed by atoms with Crippen LogP contribution in [0, 0.1) is 0 Å². The highest BCUT2D eigenvalue weighted by Crippen LogP contribution is 2.26. The van der Waals surface area contributed by atoms with E-state index in [-0.39, 0.29) is 18.2 Å². The van der Waals surface area contributed by atoms with Crippen molar-refractivity contribution in [2.45, 2.75) is 38.5 Å². The standard InChI is InChI=1S/C21H21F2N3O4/c1-21(10-9-13-5-7-16(8-6-13)30-19(22)23)18(28)26(20(29)25-21)12-14-3-2-4-15(11-14)17(24)27/h2-8,11,19H,9-10,12H2,1H3,(H2,24,27)(H,25,29). The van der Waals surface area contributed by atoms with Gasteiger partial charge in [-0.3, -0.25) is 14.5 Å². The van der Waals surface area contributed by atoms with Crippen LogP contribution in [-0.2, 0) is 17.8 Å². The molecule has 3 N–H and O–H groups in total. The maximum Gasteiger partial charge on any atom is 0.387 e. The molecule has 1 aliphatic rings. The molecular weight excluding hydrogens is 396 g/mol. The zero-order valence-corrected chi connectivity index (χ0v) is 16.2. The van der Waals surface area contributed by atoms with E-state index in [1.165, 1.54) is 12.1 Å². The van der Waals surface area contributed by atoms with Crippen molar-refractivity contribution in [3.8, 4) is 5.75 Å². The summed E-state index contributed by atoms with van der Waals surface area (Å²) in [5.41, 5.74) is 5.88. The first kappa shape index (κ1) is 21.2. The number of carbonyl (C=O) groups is 3. The Morgan fingerprint density at radius 1 is 1.17 bits per heavy atom. The van der Waals surface area contributed by atoms with Crippen LogP contribution in [0.1, 0.15) is 34.8 Å². The molecule has 4 amide bonds. The Balaban J connectivity index is 1.65. The summed E-state index contributed by atoms with van der Waals surface area (Å²) < 4.78 is 28.8. The lowest BCUT2D eigenvalue weighted by molar-refractivity contribution is -0.131. The first-order valence-corrected chi connectivity index (χ1v) is 9.24. The molecular formula is C21H21F2N3O4. The molecule has 1 aliphatic heterocycles. The monoisotopic (exact) mass is 417 g/mol. The van der Waals surface area contributed by atoms with Gasteiger partial charge in [0.1, 0.15) is 11.3 Å². The predicted molar refractivity (Wildman–Crippen MR) is 104 cm³/mol. The summed E-state index contributed by atoms with van der Waals surface area (Å²) in [5, 5.41) is 2.72. The highest BCUT2D eigenvalue weighted by Gasteiger charge is 2.47. The summed E-state index contributed by atoms with van der Waals surface area (Å²) in [7, 11) is 0. The van der Waals surface area contributed by atoms with Crippen molar-refractivity contribution < 1.29 is 27.9 Å². The number of ether oxygens (including phenoxy) is 1. The molecule has 2 aromatic carbocycles. The lowest BCUT2D eigenvalue weighted by Crippen LogP contribution is -2.44. The molecule has 0 spiro atoms. The van der Waals surface area contributed by atoms with E-state index in [4.69, 9.17) is 5.73 Å². The molecule has 0 aliphatic carbocycles. The second-order valence-corrected chi connectivity index (χ2v) is 7.24. The average Bonchev–Trinajstić information content (AvgIpc) is 2.91. The van der Waals surface area contributed by atoms with Gasteiger partial charge in [0, 0.05) is 5.56 Å². The fourth-order valence-corrected chi connectivity index (χ4v) is 3.30. The van der Waals surface area contributed by atoms with Gasteiger partial charge in [0.15, 0.2) is 0 Å². The van der Waals surface area contributed by atoms with E-state index in [9.17, 15) is 23.2 Å². The number of nitrogens with two attached hydrogens (primary N) is 1. The van der Waals surface area contributed by atoms with Gasteiger partial charge in [-0.25, -0.2) is 4.79 Å². The van der Waals surface area contributed by atoms with Crippen molar-refractivity contribution in [2.24, 2.45) is 5.73 Å². The minimum atomic E-state index is -2.89. The first-order chi connectivity index (χ1) is 14.2. The summed E-state index contributed by atoms with van der Waals surface area (Å²) in [6, 6.07) is 12.0. The molecule has 7 nitrogen and oxygen atoms in total. The van der Waals surface area contributed by atoms with Gasteiger partial charge >= 0.3 is 12.6 Å². The van der Waals surface area contributed by atoms with E-state index in [2.05, 4.69) is 10.1 Å². The quantitative estimate of drug-likeness (QED) is 0.645. The fraction of sp³-hybridized carbons (Fsp3) is 0.286. The van der Waals surface area contributed by atoms with E-state index in [0.717, 1.165) is 10.5 Å². The molecule has 2 aromatic rings. The number of nitrogens with zero attached hydrogens (tertiary/aromatic N) is 1. The summed E-state index contributed by atoms with van der Waals surface area (Å²) in [5.74, 6) is -0.923. The van der Waals surface area contributed by atoms with Crippen LogP contribution in [0.15, 0.2) is 48.5 Å². The summed E-state index contributed by atoms with van der Waals surface area (Å²) in [6.07, 6.45) is 0.771. The van der Waals surface area contributed by atoms with Gasteiger partial charge in [-0.15, -0.1) is 0 Å². The number of aryl methyl sites for hydroxylation is 1. The molecule has 3 rings (SSSR count). The number of hydrogen-bond acceptors (Lipinski definition) is 4. The van der Waals surface area contributed by atoms with Crippen LogP contribution in [0.25, 0.3) is 0 Å². The van der Waals surface area contributed by atoms with Gasteiger partial charge in [0.2, 0.25) is 5.91 Å². The second-order valence-electron chi connectivity index (χ2n) is 7.24. The number of alkyl halides is 2. The molecule has 1 fully saturated rings. The van der Waals surface area contributed by atoms with Crippen molar-refractivity contribution in [3.63, 3.8) is 0 Å². The molecule has 0 saturated carbocycles. The van der Waals surface area contributed by atoms with E-state index >= 15 is 0 Å². The minimum absolute atomic E-state index is 0.0149. The molecule has 0 bridgehead atoms. The molecule has 0 radical (unpaired) electrons. The fourth-order valence-electron chi connectivity index (χ4n) is 3.30. The van der Waals surface area contributed by atoms with Gasteiger partial charge < -0.3 is 15.8 Å². The molecule has 30 heavy (non-hydrogen) atoms. The van der Waals surface area contributed by atoms with Gasteiger partial charge in [-0.05, 0) is 55.2 Å². The van der Waals surface area contributed by atoms with Crippen LogP contribution in [0.5, 0.6) is 5.75 Å². The Morgan fingerprint density at radius 3 is 2.50 bits per heavy atom. The zero-order chi connectivity index (χ0) is 21.9. The second kappa shape index (κ2) is 8.48. The topological polar surface area (TPSA) is 102 Å². The number of benzene rings is 2. The van der Waals surface area contributed by atoms with Crippen molar-refractivity contribution in [2.75, 3.05) is 0 Å². The number of hydrogen-bond donors (Lipinski definition) is 2. The summed E-state index contributed by atoms with van der Waals surface area (Å²) in [4.78, 5) is 37.7. The Labute approximate surface area is 171 Å². The Kier molecular flexibility index (Phi) is 6.00. The van der Waals surface area contributed by atoms with Crippen molar-refractivity contribution in [1.82, 2.24) is 10.2 Å². The van der Waals surface area contributed by atoms with E-state index in [0.29, 0.717) is 24.0 Å². The molecule has 1 heterocycles. The zero-order valence-electron chi connectivity index (χ0n) is 16.2. The Morgan fingerprint density at radius 2 is 1.87 bits per heavy atom. The van der Waals surface area contributed by atoms with Gasteiger partial charge in [0.05, 0.1) is 6.54 Å². The van der Waals surface area contributed by atoms with Crippen LogP contribution in [-0.4, -0.2) is 34.9 Å². The van der Waals surface area contributed by atoms with Crippen LogP contribution in [0.3, 0.4) is 0 Å². The predicted octanol–water partition coefficient (Wildman–Crippen LogP) is 2.83. The number of halogens is 2. The van der Waals surface area contributed by atoms with Gasteiger partial charge in [-0.1, -0.05) is 24.3 Å². The minimum Gasteiger partial charge on any atom is -0.435 e. The third-order valence-corrected chi connectivity index (χ3v) is 4.96. The Bertz CT molecular complexity index is 965. The third kappa shape index (κ3) is 4.73. The lowest BCUT2D eigenvalue weighted by atomic mass is 9.93. The first-order valence-electron chi connectivity index (χ1n) is 9.24. The van der Waals surface area contributed by atoms with E-state index < -0.39 is 24.1 Å². The van der Waals surface area contributed by atoms with Crippen LogP contribution in [0.4, 0.5) is 13.6 Å². The summed E-state index contributed by atoms with van der Waals surface area (Å²) in [6.45, 7) is -1.24. The largest absolute Gasteiger partial charge is 0.435 e. The molecule has 0 aromatic heterocycles. The highest BCUT2D eigenvalue weighted by molar-refractivity contribution is 6.06. The third-order valence-electron chi connectivity index (χ3n) is 4.96. The lowest BCUT2D eigenvalue weighted by Gasteiger charge is -2.22. The number of nitrogens with one attached hydrogen (secondary N) is 1. The highest BCUT2D eigenvalue weighted by atomic mass is 19.3. The maximum atomic E-state index is 12.9. The van der Waals surface area contributed by atoms with Crippen molar-refractivity contribution in [1.29, 1.82) is 0 Å². The number of primary amides is 1. The molecule has 9 heteroatoms. The number of imide groups is 1. The SMILES string of the molecule is CC1(CCc2ccc(OC(F)F)cc2)NC(=O)N(Cc2cccc(C(N)=O)c2)C1=O. The van der Waals surface area contributed by atoms with Gasteiger partial charge in [-0.2, -0.15) is 8.78 Å². The smallest absolute Gasteiger partial charge is 0.387 e. The molecule has 1 atom stereocenters. The molecule has 158 valence electrons. The maximum absolute atomic E-state index is 12.9. The number of carbonyl (C=O) groups excluding carboxylic acids is 3. The molecule has 1 saturated heterocycles. The number of amides is 4. The van der Waals surface area contributed by atoms with Crippen molar-refractivity contribution >= 4 is 17.8 Å². The van der Waals surface area contributed by atoms with E-state index in [1.54, 1.807) is 43.3 Å². The van der Waals surface area contributed by atoms with Gasteiger partial charge in [0.25, 0.3) is 5.91 Å². The van der Waals surface area contributed by atoms with Crippen LogP contribution >= 0.6 is 0 Å². The van der Waals surface area contributed by atoms with E-state index in [1.807, 2.05) is 0 Å². The average molecular weight is 417 g/mol. The number of urea groups is 1. The summed E-state index contributed by atoms with van der Waals surface area (Å²) >= 11 is 0. The van der Waals surface area contributed by atoms with Crippen LogP contribution in [0.2, 0.25) is 0 Å². The molecule has 1 unspecified atom stereocenters. The van der Waals surface area contributed by atoms with Crippen molar-refractivity contribution in [3.05, 3.63) is 65.2 Å². The normalized spacial score (nSPS) is 18.6. The Hall–Kier alpha value is -3.49.